The zero-order valence-electron chi connectivity index (χ0n) is 9.64. The Morgan fingerprint density at radius 1 is 0.722 bits per heavy atom. The highest BCUT2D eigenvalue weighted by atomic mass is 16.5. The summed E-state index contributed by atoms with van der Waals surface area (Å²) in [5.74, 6) is 0. The molecule has 0 unspecified atom stereocenters. The summed E-state index contributed by atoms with van der Waals surface area (Å²) in [6.45, 7) is 0. The molecule has 0 atom stereocenters. The van der Waals surface area contributed by atoms with E-state index in [1.165, 1.54) is 21.5 Å². The molecule has 2 N–H and O–H groups in total. The smallest absolute Gasteiger partial charge is 0.0687 e. The van der Waals surface area contributed by atoms with Gasteiger partial charge in [0.1, 0.15) is 0 Å². The molecule has 86 valence electrons. The Hall–Kier alpha value is -2.32. The highest BCUT2D eigenvalue weighted by Gasteiger charge is 2.10. The van der Waals surface area contributed by atoms with Crippen molar-refractivity contribution in [3.63, 3.8) is 0 Å². The fraction of sp³-hybridized carbons (Fsp3) is 0. The van der Waals surface area contributed by atoms with E-state index in [1.807, 2.05) is 24.3 Å². The van der Waals surface area contributed by atoms with Gasteiger partial charge in [-0.05, 0) is 33.0 Å². The molecule has 0 saturated carbocycles. The first-order valence-corrected chi connectivity index (χ1v) is 5.95. The molecule has 4 rings (SSSR count). The van der Waals surface area contributed by atoms with E-state index in [9.17, 15) is 5.21 Å². The van der Waals surface area contributed by atoms with Crippen LogP contribution in [-0.4, -0.2) is 5.21 Å². The van der Waals surface area contributed by atoms with Gasteiger partial charge in [-0.3, -0.25) is 10.7 Å². The van der Waals surface area contributed by atoms with Crippen molar-refractivity contribution in [3.8, 4) is 0 Å². The molecular formula is C16H11NO. The third-order valence-electron chi connectivity index (χ3n) is 3.63. The van der Waals surface area contributed by atoms with Gasteiger partial charge in [0.25, 0.3) is 0 Å². The van der Waals surface area contributed by atoms with Crippen molar-refractivity contribution in [2.24, 2.45) is 0 Å². The second-order valence-corrected chi connectivity index (χ2v) is 4.58. The predicted octanol–water partition coefficient (Wildman–Crippen LogP) is 4.39. The maximum atomic E-state index is 9.31. The first-order valence-electron chi connectivity index (χ1n) is 5.95. The second-order valence-electron chi connectivity index (χ2n) is 4.58. The van der Waals surface area contributed by atoms with Crippen LogP contribution in [-0.2, 0) is 0 Å². The highest BCUT2D eigenvalue weighted by Crippen LogP contribution is 2.38. The SMILES string of the molecule is ONc1cc2cccc3ccc4cccc1c4c32. The maximum absolute atomic E-state index is 9.31. The molecule has 0 amide bonds. The Labute approximate surface area is 104 Å². The Morgan fingerprint density at radius 3 is 2.17 bits per heavy atom. The van der Waals surface area contributed by atoms with Gasteiger partial charge in [-0.2, -0.15) is 0 Å². The van der Waals surface area contributed by atoms with E-state index in [1.54, 1.807) is 0 Å². The summed E-state index contributed by atoms with van der Waals surface area (Å²) >= 11 is 0. The number of anilines is 1. The topological polar surface area (TPSA) is 32.3 Å². The van der Waals surface area contributed by atoms with Gasteiger partial charge in [0.15, 0.2) is 0 Å². The van der Waals surface area contributed by atoms with Crippen LogP contribution in [0.25, 0.3) is 32.3 Å². The molecule has 4 aromatic rings. The average Bonchev–Trinajstić information content (AvgIpc) is 2.44. The molecular weight excluding hydrogens is 222 g/mol. The number of nitrogens with one attached hydrogen (secondary N) is 1. The fourth-order valence-electron chi connectivity index (χ4n) is 2.85. The molecule has 0 heterocycles. The molecule has 0 aromatic heterocycles. The Balaban J connectivity index is 2.43. The van der Waals surface area contributed by atoms with Crippen LogP contribution < -0.4 is 5.48 Å². The van der Waals surface area contributed by atoms with E-state index in [4.69, 9.17) is 0 Å². The van der Waals surface area contributed by atoms with E-state index in [0.717, 1.165) is 16.5 Å². The highest BCUT2D eigenvalue weighted by molar-refractivity contribution is 6.25. The molecule has 2 nitrogen and oxygen atoms in total. The van der Waals surface area contributed by atoms with Crippen LogP contribution in [0.2, 0.25) is 0 Å². The van der Waals surface area contributed by atoms with E-state index < -0.39 is 0 Å². The third kappa shape index (κ3) is 1.10. The van der Waals surface area contributed by atoms with E-state index in [0.29, 0.717) is 0 Å². The fourth-order valence-corrected chi connectivity index (χ4v) is 2.85. The van der Waals surface area contributed by atoms with Crippen molar-refractivity contribution in [3.05, 3.63) is 54.6 Å². The largest absolute Gasteiger partial charge is 0.291 e. The van der Waals surface area contributed by atoms with Crippen molar-refractivity contribution < 1.29 is 5.21 Å². The van der Waals surface area contributed by atoms with Crippen LogP contribution in [0.1, 0.15) is 0 Å². The number of rotatable bonds is 1. The molecule has 0 bridgehead atoms. The van der Waals surface area contributed by atoms with Crippen molar-refractivity contribution in [2.75, 3.05) is 5.48 Å². The lowest BCUT2D eigenvalue weighted by molar-refractivity contribution is 0.390. The predicted molar refractivity (Wildman–Crippen MR) is 75.6 cm³/mol. The minimum Gasteiger partial charge on any atom is -0.291 e. The Bertz CT molecular complexity index is 867. The monoisotopic (exact) mass is 233 g/mol. The van der Waals surface area contributed by atoms with Gasteiger partial charge in [0.2, 0.25) is 0 Å². The number of hydrogen-bond donors (Lipinski definition) is 2. The van der Waals surface area contributed by atoms with Crippen LogP contribution >= 0.6 is 0 Å². The molecule has 0 aliphatic carbocycles. The Morgan fingerprint density at radius 2 is 1.39 bits per heavy atom. The normalized spacial score (nSPS) is 11.6. The summed E-state index contributed by atoms with van der Waals surface area (Å²) in [7, 11) is 0. The van der Waals surface area contributed by atoms with Gasteiger partial charge >= 0.3 is 0 Å². The summed E-state index contributed by atoms with van der Waals surface area (Å²) in [5.41, 5.74) is 3.07. The number of benzene rings is 4. The summed E-state index contributed by atoms with van der Waals surface area (Å²) < 4.78 is 0. The quantitative estimate of drug-likeness (QED) is 0.377. The van der Waals surface area contributed by atoms with Gasteiger partial charge < -0.3 is 0 Å². The lowest BCUT2D eigenvalue weighted by atomic mass is 9.93. The molecule has 4 aromatic carbocycles. The van der Waals surface area contributed by atoms with E-state index in [2.05, 4.69) is 35.8 Å². The lowest BCUT2D eigenvalue weighted by Gasteiger charge is -2.13. The number of hydrogen-bond acceptors (Lipinski definition) is 2. The molecule has 18 heavy (non-hydrogen) atoms. The summed E-state index contributed by atoms with van der Waals surface area (Å²) in [5, 5.41) is 16.4. The lowest BCUT2D eigenvalue weighted by Crippen LogP contribution is -1.92. The molecule has 0 fully saturated rings. The van der Waals surface area contributed by atoms with Crippen molar-refractivity contribution in [1.29, 1.82) is 0 Å². The first-order chi connectivity index (χ1) is 8.88. The summed E-state index contributed by atoms with van der Waals surface area (Å²) in [4.78, 5) is 0. The van der Waals surface area contributed by atoms with Crippen molar-refractivity contribution in [2.45, 2.75) is 0 Å². The molecule has 0 radical (unpaired) electrons. The third-order valence-corrected chi connectivity index (χ3v) is 3.63. The molecule has 0 spiro atoms. The van der Waals surface area contributed by atoms with Crippen LogP contribution in [0.4, 0.5) is 5.69 Å². The van der Waals surface area contributed by atoms with Gasteiger partial charge in [-0.1, -0.05) is 48.5 Å². The molecule has 0 aliphatic heterocycles. The van der Waals surface area contributed by atoms with Gasteiger partial charge in [-0.25, -0.2) is 0 Å². The van der Waals surface area contributed by atoms with Gasteiger partial charge in [0.05, 0.1) is 5.69 Å². The van der Waals surface area contributed by atoms with Gasteiger partial charge in [-0.15, -0.1) is 0 Å². The zero-order chi connectivity index (χ0) is 12.1. The van der Waals surface area contributed by atoms with Crippen molar-refractivity contribution >= 4 is 38.0 Å². The maximum Gasteiger partial charge on any atom is 0.0687 e. The zero-order valence-corrected chi connectivity index (χ0v) is 9.64. The standard InChI is InChI=1S/C16H11NO/c18-17-14-9-12-5-1-3-10-7-8-11-4-2-6-13(14)16(11)15(10)12/h1-9,17-18H. The minimum absolute atomic E-state index is 0.756. The van der Waals surface area contributed by atoms with Crippen LogP contribution in [0.5, 0.6) is 0 Å². The molecule has 2 heteroatoms. The second kappa shape index (κ2) is 3.34. The average molecular weight is 233 g/mol. The van der Waals surface area contributed by atoms with Crippen molar-refractivity contribution in [1.82, 2.24) is 0 Å². The van der Waals surface area contributed by atoms with E-state index in [-0.39, 0.29) is 0 Å². The molecule has 0 aliphatic rings. The van der Waals surface area contributed by atoms with Crippen LogP contribution in [0.15, 0.2) is 54.6 Å². The summed E-state index contributed by atoms with van der Waals surface area (Å²) in [6, 6.07) is 18.7. The van der Waals surface area contributed by atoms with Crippen LogP contribution in [0.3, 0.4) is 0 Å². The van der Waals surface area contributed by atoms with E-state index >= 15 is 0 Å². The van der Waals surface area contributed by atoms with Gasteiger partial charge in [0, 0.05) is 5.39 Å². The first kappa shape index (κ1) is 9.68. The summed E-state index contributed by atoms with van der Waals surface area (Å²) in [6.07, 6.45) is 0. The minimum atomic E-state index is 0.756. The van der Waals surface area contributed by atoms with Crippen LogP contribution in [0, 0.1) is 0 Å². The Kier molecular flexibility index (Phi) is 1.80. The molecule has 0 saturated heterocycles.